The molecule has 3 nitrogen and oxygen atoms in total. The van der Waals surface area contributed by atoms with Crippen LogP contribution in [0.4, 0.5) is 0 Å². The number of hydrogen-bond donors (Lipinski definition) is 1. The summed E-state index contributed by atoms with van der Waals surface area (Å²) in [4.78, 5) is 2.59. The van der Waals surface area contributed by atoms with Crippen molar-refractivity contribution in [2.75, 3.05) is 45.9 Å². The molecule has 0 unspecified atom stereocenters. The normalized spacial score (nSPS) is 26.4. The molecule has 2 saturated heterocycles. The monoisotopic (exact) mass is 226 g/mol. The van der Waals surface area contributed by atoms with Crippen LogP contribution in [0.15, 0.2) is 0 Å². The van der Waals surface area contributed by atoms with Crippen LogP contribution in [0.3, 0.4) is 0 Å². The first-order chi connectivity index (χ1) is 7.54. The molecule has 0 saturated carbocycles. The van der Waals surface area contributed by atoms with E-state index in [0.29, 0.717) is 10.8 Å². The van der Waals surface area contributed by atoms with Gasteiger partial charge in [-0.3, -0.25) is 0 Å². The molecule has 2 fully saturated rings. The van der Waals surface area contributed by atoms with E-state index in [1.165, 1.54) is 26.1 Å². The molecule has 2 rings (SSSR count). The third-order valence-electron chi connectivity index (χ3n) is 4.46. The van der Waals surface area contributed by atoms with Gasteiger partial charge in [-0.25, -0.2) is 0 Å². The van der Waals surface area contributed by atoms with Gasteiger partial charge in [-0.15, -0.1) is 0 Å². The number of hydrogen-bond acceptors (Lipinski definition) is 3. The van der Waals surface area contributed by atoms with Crippen LogP contribution in [0.1, 0.15) is 27.2 Å². The third-order valence-corrected chi connectivity index (χ3v) is 4.46. The molecule has 3 heteroatoms. The van der Waals surface area contributed by atoms with Gasteiger partial charge in [0, 0.05) is 31.6 Å². The van der Waals surface area contributed by atoms with Gasteiger partial charge in [-0.05, 0) is 18.4 Å². The lowest BCUT2D eigenvalue weighted by atomic mass is 9.63. The SMILES string of the molecule is CC(C)(C)C1(CCN2CCNCC2)COC1. The molecule has 0 amide bonds. The summed E-state index contributed by atoms with van der Waals surface area (Å²) < 4.78 is 5.47. The lowest BCUT2D eigenvalue weighted by Gasteiger charge is -2.52. The summed E-state index contributed by atoms with van der Waals surface area (Å²) in [6.45, 7) is 14.9. The van der Waals surface area contributed by atoms with Crippen LogP contribution in [-0.4, -0.2) is 50.8 Å². The average molecular weight is 226 g/mol. The van der Waals surface area contributed by atoms with Crippen molar-refractivity contribution >= 4 is 0 Å². The highest BCUT2D eigenvalue weighted by atomic mass is 16.5. The standard InChI is InChI=1S/C13H26N2O/c1-12(2,3)13(10-16-11-13)4-7-15-8-5-14-6-9-15/h14H,4-11H2,1-3H3. The van der Waals surface area contributed by atoms with Crippen LogP contribution in [0, 0.1) is 10.8 Å². The van der Waals surface area contributed by atoms with Gasteiger partial charge < -0.3 is 15.0 Å². The number of ether oxygens (including phenoxy) is 1. The maximum Gasteiger partial charge on any atom is 0.0550 e. The fourth-order valence-corrected chi connectivity index (χ4v) is 2.61. The number of rotatable bonds is 3. The first kappa shape index (κ1) is 12.3. The largest absolute Gasteiger partial charge is 0.380 e. The van der Waals surface area contributed by atoms with E-state index in [1.54, 1.807) is 0 Å². The van der Waals surface area contributed by atoms with E-state index in [0.717, 1.165) is 26.3 Å². The summed E-state index contributed by atoms with van der Waals surface area (Å²) >= 11 is 0. The number of nitrogens with zero attached hydrogens (tertiary/aromatic N) is 1. The Morgan fingerprint density at radius 3 is 2.25 bits per heavy atom. The van der Waals surface area contributed by atoms with Crippen molar-refractivity contribution in [1.29, 1.82) is 0 Å². The molecule has 16 heavy (non-hydrogen) atoms. The molecule has 0 atom stereocenters. The lowest BCUT2D eigenvalue weighted by Crippen LogP contribution is -2.54. The highest BCUT2D eigenvalue weighted by Crippen LogP contribution is 2.47. The van der Waals surface area contributed by atoms with Crippen LogP contribution in [-0.2, 0) is 4.74 Å². The molecule has 2 aliphatic rings. The minimum atomic E-state index is 0.374. The second-order valence-electron chi connectivity index (χ2n) is 6.36. The van der Waals surface area contributed by atoms with Crippen molar-refractivity contribution in [3.63, 3.8) is 0 Å². The first-order valence-electron chi connectivity index (χ1n) is 6.54. The van der Waals surface area contributed by atoms with Gasteiger partial charge in [0.2, 0.25) is 0 Å². The van der Waals surface area contributed by atoms with Gasteiger partial charge in [0.1, 0.15) is 0 Å². The van der Waals surface area contributed by atoms with Gasteiger partial charge in [-0.1, -0.05) is 20.8 Å². The topological polar surface area (TPSA) is 24.5 Å². The smallest absolute Gasteiger partial charge is 0.0550 e. The van der Waals surface area contributed by atoms with Crippen molar-refractivity contribution in [2.24, 2.45) is 10.8 Å². The van der Waals surface area contributed by atoms with Crippen LogP contribution in [0.2, 0.25) is 0 Å². The Balaban J connectivity index is 1.83. The zero-order chi connectivity index (χ0) is 11.6. The summed E-state index contributed by atoms with van der Waals surface area (Å²) in [6.07, 6.45) is 1.29. The minimum absolute atomic E-state index is 0.374. The summed E-state index contributed by atoms with van der Waals surface area (Å²) in [5.41, 5.74) is 0.803. The zero-order valence-corrected chi connectivity index (χ0v) is 11.0. The van der Waals surface area contributed by atoms with Crippen LogP contribution >= 0.6 is 0 Å². The molecule has 1 N–H and O–H groups in total. The Morgan fingerprint density at radius 2 is 1.81 bits per heavy atom. The predicted octanol–water partition coefficient (Wildman–Crippen LogP) is 1.34. The highest BCUT2D eigenvalue weighted by molar-refractivity contribution is 4.95. The average Bonchev–Trinajstić information content (AvgIpc) is 2.15. The molecule has 0 aromatic heterocycles. The van der Waals surface area contributed by atoms with Gasteiger partial charge in [0.15, 0.2) is 0 Å². The quantitative estimate of drug-likeness (QED) is 0.786. The summed E-state index contributed by atoms with van der Waals surface area (Å²) in [5.74, 6) is 0. The van der Waals surface area contributed by atoms with Crippen LogP contribution in [0.25, 0.3) is 0 Å². The van der Waals surface area contributed by atoms with Gasteiger partial charge in [0.05, 0.1) is 13.2 Å². The predicted molar refractivity (Wildman–Crippen MR) is 66.6 cm³/mol. The van der Waals surface area contributed by atoms with Gasteiger partial charge in [0.25, 0.3) is 0 Å². The van der Waals surface area contributed by atoms with E-state index in [1.807, 2.05) is 0 Å². The Labute approximate surface area is 99.5 Å². The van der Waals surface area contributed by atoms with E-state index in [4.69, 9.17) is 4.74 Å². The van der Waals surface area contributed by atoms with E-state index < -0.39 is 0 Å². The molecule has 0 aromatic carbocycles. The van der Waals surface area contributed by atoms with Crippen molar-refractivity contribution in [1.82, 2.24) is 10.2 Å². The van der Waals surface area contributed by atoms with E-state index in [9.17, 15) is 0 Å². The molecular weight excluding hydrogens is 200 g/mol. The molecular formula is C13H26N2O. The maximum atomic E-state index is 5.47. The number of piperazine rings is 1. The van der Waals surface area contributed by atoms with Crippen LogP contribution in [0.5, 0.6) is 0 Å². The summed E-state index contributed by atoms with van der Waals surface area (Å²) in [7, 11) is 0. The lowest BCUT2D eigenvalue weighted by molar-refractivity contribution is -0.176. The fraction of sp³-hybridized carbons (Fsp3) is 1.00. The Hall–Kier alpha value is -0.120. The van der Waals surface area contributed by atoms with Crippen molar-refractivity contribution in [2.45, 2.75) is 27.2 Å². The molecule has 0 spiro atoms. The second kappa shape index (κ2) is 4.63. The van der Waals surface area contributed by atoms with Gasteiger partial charge in [-0.2, -0.15) is 0 Å². The van der Waals surface area contributed by atoms with Crippen molar-refractivity contribution < 1.29 is 4.74 Å². The number of nitrogens with one attached hydrogen (secondary N) is 1. The van der Waals surface area contributed by atoms with E-state index in [2.05, 4.69) is 31.0 Å². The molecule has 0 aliphatic carbocycles. The van der Waals surface area contributed by atoms with E-state index in [-0.39, 0.29) is 0 Å². The molecule has 0 bridgehead atoms. The Morgan fingerprint density at radius 1 is 1.19 bits per heavy atom. The maximum absolute atomic E-state index is 5.47. The molecule has 0 aromatic rings. The molecule has 2 heterocycles. The summed E-state index contributed by atoms with van der Waals surface area (Å²) in [5, 5.41) is 3.40. The molecule has 0 radical (unpaired) electrons. The zero-order valence-electron chi connectivity index (χ0n) is 11.0. The van der Waals surface area contributed by atoms with Crippen molar-refractivity contribution in [3.8, 4) is 0 Å². The minimum Gasteiger partial charge on any atom is -0.380 e. The second-order valence-corrected chi connectivity index (χ2v) is 6.36. The molecule has 2 aliphatic heterocycles. The fourth-order valence-electron chi connectivity index (χ4n) is 2.61. The Kier molecular flexibility index (Phi) is 3.57. The molecule has 94 valence electrons. The van der Waals surface area contributed by atoms with Gasteiger partial charge >= 0.3 is 0 Å². The highest BCUT2D eigenvalue weighted by Gasteiger charge is 2.47. The Bertz CT molecular complexity index is 225. The summed E-state index contributed by atoms with van der Waals surface area (Å²) in [6, 6.07) is 0. The van der Waals surface area contributed by atoms with E-state index >= 15 is 0 Å². The van der Waals surface area contributed by atoms with Crippen molar-refractivity contribution in [3.05, 3.63) is 0 Å². The first-order valence-corrected chi connectivity index (χ1v) is 6.54. The van der Waals surface area contributed by atoms with Crippen LogP contribution < -0.4 is 5.32 Å². The third kappa shape index (κ3) is 2.41.